The molecule has 0 N–H and O–H groups in total. The highest BCUT2D eigenvalue weighted by molar-refractivity contribution is 8.18. The van der Waals surface area contributed by atoms with Gasteiger partial charge >= 0.3 is 0 Å². The third kappa shape index (κ3) is 1.32. The Morgan fingerprint density at radius 2 is 2.33 bits per heavy atom. The molecule has 0 saturated heterocycles. The van der Waals surface area contributed by atoms with Crippen LogP contribution in [0.1, 0.15) is 6.42 Å². The van der Waals surface area contributed by atoms with E-state index >= 15 is 0 Å². The number of hydrogen-bond donors (Lipinski definition) is 0. The van der Waals surface area contributed by atoms with Gasteiger partial charge in [-0.1, -0.05) is 23.9 Å². The van der Waals surface area contributed by atoms with Crippen LogP contribution in [-0.2, 0) is 15.6 Å². The summed E-state index contributed by atoms with van der Waals surface area (Å²) in [5, 5.41) is 1.76. The van der Waals surface area contributed by atoms with Gasteiger partial charge in [0, 0.05) is 16.7 Å². The summed E-state index contributed by atoms with van der Waals surface area (Å²) < 4.78 is 11.3. The molecular weight excluding hydrogens is 192 g/mol. The van der Waals surface area contributed by atoms with Gasteiger partial charge in [0.2, 0.25) is 0 Å². The van der Waals surface area contributed by atoms with Gasteiger partial charge in [0.1, 0.15) is 0 Å². The predicted octanol–water partition coefficient (Wildman–Crippen LogP) is 1.69. The normalized spacial score (nSPS) is 27.7. The molecule has 2 aliphatic rings. The molecule has 2 rings (SSSR count). The minimum absolute atomic E-state index is 0.134. The molecular formula is C8H6O2S2. The summed E-state index contributed by atoms with van der Waals surface area (Å²) in [7, 11) is -1.03. The minimum atomic E-state index is -1.03. The fourth-order valence-electron chi connectivity index (χ4n) is 1.05. The molecule has 0 spiro atoms. The van der Waals surface area contributed by atoms with Crippen molar-refractivity contribution in [2.45, 2.75) is 6.42 Å². The Morgan fingerprint density at radius 3 is 2.83 bits per heavy atom. The second-order valence-corrected chi connectivity index (χ2v) is 4.81. The molecule has 2 heterocycles. The number of carbonyl (C=O) groups is 1. The van der Waals surface area contributed by atoms with Gasteiger partial charge in [0.05, 0.1) is 15.7 Å². The van der Waals surface area contributed by atoms with Crippen LogP contribution in [0.5, 0.6) is 0 Å². The Morgan fingerprint density at radius 1 is 1.50 bits per heavy atom. The second kappa shape index (κ2) is 3.03. The molecule has 0 aliphatic carbocycles. The molecule has 2 aliphatic heterocycles. The Bertz CT molecular complexity index is 350. The summed E-state index contributed by atoms with van der Waals surface area (Å²) in [6, 6.07) is 0. The summed E-state index contributed by atoms with van der Waals surface area (Å²) in [5.41, 5.74) is 0. The largest absolute Gasteiger partial charge is 0.286 e. The molecule has 62 valence electrons. The monoisotopic (exact) mass is 198 g/mol. The predicted molar refractivity (Wildman–Crippen MR) is 50.7 cm³/mol. The molecule has 12 heavy (non-hydrogen) atoms. The van der Waals surface area contributed by atoms with Crippen molar-refractivity contribution in [3.63, 3.8) is 0 Å². The quantitative estimate of drug-likeness (QED) is 0.643. The van der Waals surface area contributed by atoms with Gasteiger partial charge in [-0.3, -0.25) is 4.79 Å². The molecule has 4 heteroatoms. The number of thioether (sulfide) groups is 1. The Labute approximate surface area is 76.9 Å². The van der Waals surface area contributed by atoms with Crippen molar-refractivity contribution in [1.82, 2.24) is 0 Å². The molecule has 2 nitrogen and oxygen atoms in total. The molecule has 0 aromatic heterocycles. The van der Waals surface area contributed by atoms with Crippen LogP contribution in [-0.4, -0.2) is 9.32 Å². The lowest BCUT2D eigenvalue weighted by molar-refractivity contribution is -0.110. The highest BCUT2D eigenvalue weighted by Gasteiger charge is 2.21. The lowest BCUT2D eigenvalue weighted by Gasteiger charge is -1.98. The molecule has 1 unspecified atom stereocenters. The molecule has 0 amide bonds. The summed E-state index contributed by atoms with van der Waals surface area (Å²) in [4.78, 5) is 12.5. The highest BCUT2D eigenvalue weighted by atomic mass is 32.2. The van der Waals surface area contributed by atoms with E-state index in [2.05, 4.69) is 0 Å². The van der Waals surface area contributed by atoms with E-state index in [1.165, 1.54) is 11.8 Å². The Hall–Kier alpha value is -0.610. The standard InChI is InChI=1S/C8H6O2S2/c9-8-4-3-6(11-8)7-2-1-5-12(7)10/h1-3,5H,4H2. The molecule has 0 aromatic rings. The van der Waals surface area contributed by atoms with Crippen LogP contribution in [0.2, 0.25) is 0 Å². The topological polar surface area (TPSA) is 34.1 Å². The average molecular weight is 198 g/mol. The van der Waals surface area contributed by atoms with Crippen LogP contribution in [0.25, 0.3) is 0 Å². The van der Waals surface area contributed by atoms with E-state index in [1.807, 2.05) is 6.08 Å². The molecule has 0 radical (unpaired) electrons. The van der Waals surface area contributed by atoms with Crippen LogP contribution in [0.3, 0.4) is 0 Å². The maximum Gasteiger partial charge on any atom is 0.197 e. The van der Waals surface area contributed by atoms with Crippen LogP contribution in [0.15, 0.2) is 33.4 Å². The minimum Gasteiger partial charge on any atom is -0.286 e. The first-order chi connectivity index (χ1) is 5.77. The van der Waals surface area contributed by atoms with E-state index in [-0.39, 0.29) is 5.12 Å². The van der Waals surface area contributed by atoms with Crippen molar-refractivity contribution in [2.75, 3.05) is 0 Å². The summed E-state index contributed by atoms with van der Waals surface area (Å²) in [6.07, 6.45) is 5.86. The number of hydrogen-bond acceptors (Lipinski definition) is 3. The fourth-order valence-corrected chi connectivity index (χ4v) is 3.03. The molecule has 1 atom stereocenters. The first kappa shape index (κ1) is 8.01. The maximum absolute atomic E-state index is 11.3. The van der Waals surface area contributed by atoms with Gasteiger partial charge in [-0.15, -0.1) is 0 Å². The third-order valence-electron chi connectivity index (χ3n) is 1.59. The molecule has 0 bridgehead atoms. The lowest BCUT2D eigenvalue weighted by Crippen LogP contribution is -1.87. The van der Waals surface area contributed by atoms with Crippen molar-refractivity contribution in [2.24, 2.45) is 0 Å². The highest BCUT2D eigenvalue weighted by Crippen LogP contribution is 2.35. The van der Waals surface area contributed by atoms with Crippen molar-refractivity contribution < 1.29 is 9.00 Å². The van der Waals surface area contributed by atoms with E-state index in [9.17, 15) is 9.00 Å². The van der Waals surface area contributed by atoms with Crippen molar-refractivity contribution in [3.05, 3.63) is 33.4 Å². The van der Waals surface area contributed by atoms with E-state index in [4.69, 9.17) is 0 Å². The van der Waals surface area contributed by atoms with Gasteiger partial charge in [-0.05, 0) is 6.08 Å². The molecule has 0 aromatic carbocycles. The summed E-state index contributed by atoms with van der Waals surface area (Å²) >= 11 is 1.19. The SMILES string of the molecule is O=C1CC=C(C2=CC=CS2=O)S1. The molecule has 0 saturated carbocycles. The van der Waals surface area contributed by atoms with Gasteiger partial charge in [-0.25, -0.2) is 4.21 Å². The smallest absolute Gasteiger partial charge is 0.197 e. The van der Waals surface area contributed by atoms with Gasteiger partial charge in [-0.2, -0.15) is 0 Å². The molecule has 0 fully saturated rings. The Kier molecular flexibility index (Phi) is 2.02. The van der Waals surface area contributed by atoms with Gasteiger partial charge in [0.25, 0.3) is 0 Å². The number of rotatable bonds is 1. The van der Waals surface area contributed by atoms with Crippen LogP contribution in [0, 0.1) is 0 Å². The second-order valence-electron chi connectivity index (χ2n) is 2.40. The van der Waals surface area contributed by atoms with E-state index in [0.29, 0.717) is 6.42 Å². The zero-order valence-electron chi connectivity index (χ0n) is 6.15. The zero-order chi connectivity index (χ0) is 8.55. The van der Waals surface area contributed by atoms with Gasteiger partial charge < -0.3 is 0 Å². The average Bonchev–Trinajstić information content (AvgIpc) is 2.58. The lowest BCUT2D eigenvalue weighted by atomic mass is 10.4. The third-order valence-corrected chi connectivity index (χ3v) is 3.91. The van der Waals surface area contributed by atoms with Crippen LogP contribution >= 0.6 is 11.8 Å². The fraction of sp³-hybridized carbons (Fsp3) is 0.125. The first-order valence-corrected chi connectivity index (χ1v) is 5.50. The van der Waals surface area contributed by atoms with E-state index < -0.39 is 10.8 Å². The van der Waals surface area contributed by atoms with Gasteiger partial charge in [0.15, 0.2) is 5.12 Å². The number of carbonyl (C=O) groups excluding carboxylic acids is 1. The maximum atomic E-state index is 11.3. The van der Waals surface area contributed by atoms with Crippen molar-refractivity contribution >= 4 is 27.7 Å². The summed E-state index contributed by atoms with van der Waals surface area (Å²) in [5.74, 6) is 0. The van der Waals surface area contributed by atoms with Crippen LogP contribution < -0.4 is 0 Å². The Balaban J connectivity index is 2.23. The number of allylic oxidation sites excluding steroid dienone is 3. The van der Waals surface area contributed by atoms with E-state index in [0.717, 1.165) is 9.81 Å². The zero-order valence-corrected chi connectivity index (χ0v) is 7.78. The van der Waals surface area contributed by atoms with Crippen molar-refractivity contribution in [1.29, 1.82) is 0 Å². The first-order valence-electron chi connectivity index (χ1n) is 3.47. The van der Waals surface area contributed by atoms with Crippen molar-refractivity contribution in [3.8, 4) is 0 Å². The van der Waals surface area contributed by atoms with E-state index in [1.54, 1.807) is 17.6 Å². The summed E-state index contributed by atoms with van der Waals surface area (Å²) in [6.45, 7) is 0. The van der Waals surface area contributed by atoms with Crippen LogP contribution in [0.4, 0.5) is 0 Å².